The zero-order valence-corrected chi connectivity index (χ0v) is 18.1. The molecule has 28 heavy (non-hydrogen) atoms. The first-order valence-electron chi connectivity index (χ1n) is 9.60. The molecular weight excluding hydrogens is 357 g/mol. The average molecular weight is 387 g/mol. The van der Waals surface area contributed by atoms with Crippen molar-refractivity contribution in [3.8, 4) is 5.75 Å². The Balaban J connectivity index is 1.91. The molecule has 2 heterocycles. The third kappa shape index (κ3) is 3.91. The van der Waals surface area contributed by atoms with Gasteiger partial charge in [0.15, 0.2) is 0 Å². The number of benzene rings is 1. The van der Waals surface area contributed by atoms with E-state index in [9.17, 15) is 4.79 Å². The van der Waals surface area contributed by atoms with Gasteiger partial charge in [-0.05, 0) is 72.2 Å². The van der Waals surface area contributed by atoms with Crippen LogP contribution in [0, 0.1) is 0 Å². The zero-order valence-electron chi connectivity index (χ0n) is 18.1. The molecule has 0 bridgehead atoms. The number of carbonyl (C=O) groups excluding carboxylic acids is 1. The molecule has 1 aromatic carbocycles. The Hall–Kier alpha value is -1.99. The van der Waals surface area contributed by atoms with Crippen LogP contribution in [-0.2, 0) is 20.4 Å². The van der Waals surface area contributed by atoms with Crippen molar-refractivity contribution in [1.29, 1.82) is 0 Å². The van der Waals surface area contributed by atoms with E-state index in [-0.39, 0.29) is 18.3 Å². The minimum atomic E-state index is -0.572. The van der Waals surface area contributed by atoms with Crippen LogP contribution in [0.5, 0.6) is 5.75 Å². The van der Waals surface area contributed by atoms with Gasteiger partial charge >= 0.3 is 13.2 Å². The molecule has 1 fully saturated rings. The summed E-state index contributed by atoms with van der Waals surface area (Å²) in [4.78, 5) is 12.6. The van der Waals surface area contributed by atoms with E-state index in [1.165, 1.54) is 4.57 Å². The van der Waals surface area contributed by atoms with E-state index in [0.29, 0.717) is 17.6 Å². The number of aromatic nitrogens is 1. The van der Waals surface area contributed by atoms with Gasteiger partial charge in [0.05, 0.1) is 18.3 Å². The fraction of sp³-hybridized carbons (Fsp3) is 0.571. The van der Waals surface area contributed by atoms with Crippen LogP contribution in [0.3, 0.4) is 0 Å². The molecule has 7 heteroatoms. The van der Waals surface area contributed by atoms with Gasteiger partial charge in [-0.2, -0.15) is 0 Å². The van der Waals surface area contributed by atoms with Gasteiger partial charge in [-0.1, -0.05) is 0 Å². The van der Waals surface area contributed by atoms with Crippen LogP contribution in [0.25, 0.3) is 10.9 Å². The van der Waals surface area contributed by atoms with Crippen molar-refractivity contribution in [3.05, 3.63) is 30.0 Å². The highest BCUT2D eigenvalue weighted by Gasteiger charge is 2.50. The molecule has 1 aliphatic heterocycles. The molecule has 0 spiro atoms. The van der Waals surface area contributed by atoms with Crippen molar-refractivity contribution >= 4 is 24.1 Å². The van der Waals surface area contributed by atoms with E-state index < -0.39 is 11.7 Å². The van der Waals surface area contributed by atoms with E-state index in [1.807, 2.05) is 66.7 Å². The molecule has 152 valence electrons. The predicted octanol–water partition coefficient (Wildman–Crippen LogP) is 4.61. The van der Waals surface area contributed by atoms with Gasteiger partial charge < -0.3 is 18.8 Å². The average Bonchev–Trinajstić information content (AvgIpc) is 3.03. The van der Waals surface area contributed by atoms with E-state index in [0.717, 1.165) is 10.9 Å². The van der Waals surface area contributed by atoms with Crippen LogP contribution in [0.2, 0.25) is 0 Å². The summed E-state index contributed by atoms with van der Waals surface area (Å²) in [6.07, 6.45) is 1.87. The van der Waals surface area contributed by atoms with Gasteiger partial charge in [0.1, 0.15) is 16.9 Å². The molecule has 6 nitrogen and oxygen atoms in total. The molecule has 0 radical (unpaired) electrons. The Bertz CT molecular complexity index is 878. The van der Waals surface area contributed by atoms with Crippen molar-refractivity contribution < 1.29 is 23.6 Å². The first-order chi connectivity index (χ1) is 12.8. The minimum absolute atomic E-state index is 0.333. The van der Waals surface area contributed by atoms with Crippen molar-refractivity contribution in [2.75, 3.05) is 7.11 Å². The van der Waals surface area contributed by atoms with Gasteiger partial charge in [0.25, 0.3) is 0 Å². The normalized spacial score (nSPS) is 18.5. The maximum Gasteiger partial charge on any atom is 0.462 e. The smallest absolute Gasteiger partial charge is 0.462 e. The van der Waals surface area contributed by atoms with Gasteiger partial charge in [0, 0.05) is 17.9 Å². The maximum atomic E-state index is 12.6. The summed E-state index contributed by atoms with van der Waals surface area (Å²) in [5.41, 5.74) is 0.397. The number of carbonyl (C=O) groups is 1. The fourth-order valence-electron chi connectivity index (χ4n) is 3.28. The molecule has 1 aliphatic rings. The van der Waals surface area contributed by atoms with Gasteiger partial charge in [-0.3, -0.25) is 0 Å². The molecule has 0 saturated carbocycles. The molecule has 0 N–H and O–H groups in total. The summed E-state index contributed by atoms with van der Waals surface area (Å²) in [5, 5.41) is 0.900. The number of fused-ring (bicyclic) bond motifs is 1. The van der Waals surface area contributed by atoms with Crippen LogP contribution >= 0.6 is 0 Å². The first kappa shape index (κ1) is 20.7. The van der Waals surface area contributed by atoms with Crippen LogP contribution in [-0.4, -0.2) is 41.7 Å². The highest BCUT2D eigenvalue weighted by Crippen LogP contribution is 2.38. The highest BCUT2D eigenvalue weighted by molar-refractivity contribution is 6.45. The van der Waals surface area contributed by atoms with Gasteiger partial charge in [-0.25, -0.2) is 9.36 Å². The second kappa shape index (κ2) is 6.81. The molecule has 1 saturated heterocycles. The molecule has 0 atom stereocenters. The molecule has 2 aromatic rings. The van der Waals surface area contributed by atoms with Crippen LogP contribution in [0.1, 0.15) is 54.0 Å². The van der Waals surface area contributed by atoms with Crippen molar-refractivity contribution in [1.82, 2.24) is 4.57 Å². The Labute approximate surface area is 167 Å². The number of hydrogen-bond donors (Lipinski definition) is 0. The number of methoxy groups -OCH3 is 1. The summed E-state index contributed by atoms with van der Waals surface area (Å²) in [5.74, 6) is 0.611. The number of nitrogens with zero attached hydrogens (tertiary/aromatic N) is 1. The molecule has 0 unspecified atom stereocenters. The van der Waals surface area contributed by atoms with Crippen molar-refractivity contribution in [3.63, 3.8) is 0 Å². The summed E-state index contributed by atoms with van der Waals surface area (Å²) < 4.78 is 24.8. The van der Waals surface area contributed by atoms with Crippen molar-refractivity contribution in [2.45, 2.75) is 71.6 Å². The van der Waals surface area contributed by atoms with Crippen LogP contribution in [0.4, 0.5) is 4.79 Å². The predicted molar refractivity (Wildman–Crippen MR) is 110 cm³/mol. The molecule has 1 aromatic heterocycles. The molecule has 3 rings (SSSR count). The third-order valence-corrected chi connectivity index (χ3v) is 5.32. The van der Waals surface area contributed by atoms with Gasteiger partial charge in [0.2, 0.25) is 0 Å². The maximum absolute atomic E-state index is 12.6. The van der Waals surface area contributed by atoms with E-state index in [2.05, 4.69) is 0 Å². The Kier molecular flexibility index (Phi) is 5.05. The number of ether oxygens (including phenoxy) is 2. The topological polar surface area (TPSA) is 58.9 Å². The lowest BCUT2D eigenvalue weighted by atomic mass is 9.80. The quantitative estimate of drug-likeness (QED) is 0.720. The molecule has 0 amide bonds. The standard InChI is InChI=1S/C21H30BNO5/c1-19(2,3)26-18(24)23-10-9-15-11-14(12-16(25-8)17(15)23)13-22-27-20(4,5)21(6,7)28-22/h9-12H,13H2,1-8H3. The number of rotatable bonds is 3. The lowest BCUT2D eigenvalue weighted by molar-refractivity contribution is 0.00578. The SMILES string of the molecule is COc1cc(CB2OC(C)(C)C(C)(C)O2)cc2ccn(C(=O)OC(C)(C)C)c12. The van der Waals surface area contributed by atoms with E-state index >= 15 is 0 Å². The lowest BCUT2D eigenvalue weighted by Gasteiger charge is -2.32. The zero-order chi connectivity index (χ0) is 20.9. The molecule has 0 aliphatic carbocycles. The monoisotopic (exact) mass is 387 g/mol. The summed E-state index contributed by atoms with van der Waals surface area (Å²) in [7, 11) is 1.26. The number of hydrogen-bond acceptors (Lipinski definition) is 5. The van der Waals surface area contributed by atoms with Crippen LogP contribution < -0.4 is 4.74 Å². The second-order valence-corrected chi connectivity index (χ2v) is 9.29. The van der Waals surface area contributed by atoms with Crippen molar-refractivity contribution in [2.24, 2.45) is 0 Å². The summed E-state index contributed by atoms with van der Waals surface area (Å²) in [6, 6.07) is 5.84. The Morgan fingerprint density at radius 1 is 1.14 bits per heavy atom. The summed E-state index contributed by atoms with van der Waals surface area (Å²) >= 11 is 0. The lowest BCUT2D eigenvalue weighted by Crippen LogP contribution is -2.41. The Morgan fingerprint density at radius 3 is 2.29 bits per heavy atom. The highest BCUT2D eigenvalue weighted by atomic mass is 16.7. The largest absolute Gasteiger partial charge is 0.495 e. The van der Waals surface area contributed by atoms with Gasteiger partial charge in [-0.15, -0.1) is 0 Å². The fourth-order valence-corrected chi connectivity index (χ4v) is 3.28. The Morgan fingerprint density at radius 2 is 1.75 bits per heavy atom. The third-order valence-electron chi connectivity index (χ3n) is 5.32. The second-order valence-electron chi connectivity index (χ2n) is 9.29. The summed E-state index contributed by atoms with van der Waals surface area (Å²) in [6.45, 7) is 13.7. The van der Waals surface area contributed by atoms with E-state index in [1.54, 1.807) is 13.3 Å². The van der Waals surface area contributed by atoms with Crippen LogP contribution in [0.15, 0.2) is 24.4 Å². The molecular formula is C21H30BNO5. The first-order valence-corrected chi connectivity index (χ1v) is 9.60. The van der Waals surface area contributed by atoms with E-state index in [4.69, 9.17) is 18.8 Å². The minimum Gasteiger partial charge on any atom is -0.495 e.